The summed E-state index contributed by atoms with van der Waals surface area (Å²) in [7, 11) is 0. The maximum atomic E-state index is 12.1. The molecule has 3 heterocycles. The first-order valence-corrected chi connectivity index (χ1v) is 6.46. The number of aryl methyl sites for hydroxylation is 2. The maximum Gasteiger partial charge on any atom is 0.294 e. The predicted molar refractivity (Wildman–Crippen MR) is 71.3 cm³/mol. The number of fused-ring (bicyclic) bond motifs is 1. The molecular weight excluding hydrogens is 264 g/mol. The van der Waals surface area contributed by atoms with Crippen molar-refractivity contribution < 1.29 is 9.21 Å². The van der Waals surface area contributed by atoms with Crippen molar-refractivity contribution in [3.05, 3.63) is 35.1 Å². The van der Waals surface area contributed by atoms with Gasteiger partial charge in [-0.25, -0.2) is 15.0 Å². The number of thiophene rings is 1. The highest BCUT2D eigenvalue weighted by atomic mass is 32.1. The van der Waals surface area contributed by atoms with Gasteiger partial charge < -0.3 is 9.73 Å². The number of hydrogen-bond donors (Lipinski definition) is 1. The summed E-state index contributed by atoms with van der Waals surface area (Å²) in [5, 5.41) is 5.44. The Morgan fingerprint density at radius 1 is 1.37 bits per heavy atom. The third-order valence-corrected chi connectivity index (χ3v) is 3.42. The highest BCUT2D eigenvalue weighted by molar-refractivity contribution is 7.16. The van der Waals surface area contributed by atoms with E-state index in [1.54, 1.807) is 13.8 Å². The normalized spacial score (nSPS) is 10.8. The van der Waals surface area contributed by atoms with Crippen LogP contribution in [0.2, 0.25) is 0 Å². The van der Waals surface area contributed by atoms with E-state index < -0.39 is 0 Å². The molecule has 96 valence electrons. The van der Waals surface area contributed by atoms with Gasteiger partial charge in [0.1, 0.15) is 17.0 Å². The largest absolute Gasteiger partial charge is 0.436 e. The topological polar surface area (TPSA) is 80.9 Å². The Kier molecular flexibility index (Phi) is 2.75. The molecule has 3 rings (SSSR count). The summed E-state index contributed by atoms with van der Waals surface area (Å²) in [4.78, 5) is 25.2. The van der Waals surface area contributed by atoms with E-state index in [0.29, 0.717) is 17.4 Å². The minimum atomic E-state index is -0.357. The molecule has 0 fully saturated rings. The molecule has 1 amide bonds. The van der Waals surface area contributed by atoms with E-state index in [9.17, 15) is 4.79 Å². The van der Waals surface area contributed by atoms with Gasteiger partial charge in [0.25, 0.3) is 5.91 Å². The van der Waals surface area contributed by atoms with Crippen LogP contribution in [-0.4, -0.2) is 20.9 Å². The molecule has 0 radical (unpaired) electrons. The van der Waals surface area contributed by atoms with Gasteiger partial charge in [0.05, 0.1) is 11.1 Å². The van der Waals surface area contributed by atoms with Crippen molar-refractivity contribution in [3.63, 3.8) is 0 Å². The molecule has 1 N–H and O–H groups in total. The van der Waals surface area contributed by atoms with Crippen LogP contribution >= 0.6 is 11.3 Å². The van der Waals surface area contributed by atoms with Gasteiger partial charge in [-0.15, -0.1) is 11.3 Å². The van der Waals surface area contributed by atoms with E-state index in [-0.39, 0.29) is 11.7 Å². The number of hydrogen-bond acceptors (Lipinski definition) is 6. The van der Waals surface area contributed by atoms with Gasteiger partial charge >= 0.3 is 0 Å². The molecule has 0 aliphatic carbocycles. The van der Waals surface area contributed by atoms with Crippen molar-refractivity contribution >= 4 is 33.3 Å². The summed E-state index contributed by atoms with van der Waals surface area (Å²) in [6.45, 7) is 3.43. The summed E-state index contributed by atoms with van der Waals surface area (Å²) < 4.78 is 5.28. The Morgan fingerprint density at radius 2 is 2.21 bits per heavy atom. The quantitative estimate of drug-likeness (QED) is 0.776. The number of oxazole rings is 1. The lowest BCUT2D eigenvalue weighted by atomic mass is 10.3. The maximum absolute atomic E-state index is 12.1. The van der Waals surface area contributed by atoms with Crippen molar-refractivity contribution in [1.82, 2.24) is 15.0 Å². The number of amides is 1. The van der Waals surface area contributed by atoms with Gasteiger partial charge in [-0.1, -0.05) is 0 Å². The first-order valence-electron chi connectivity index (χ1n) is 5.59. The van der Waals surface area contributed by atoms with E-state index in [2.05, 4.69) is 20.3 Å². The average molecular weight is 274 g/mol. The van der Waals surface area contributed by atoms with Crippen LogP contribution in [0.25, 0.3) is 10.2 Å². The standard InChI is InChI=1S/C12H10N4O2S/c1-6-9(18-7(2)15-6)11(17)16-10-8-3-4-19-12(8)14-5-13-10/h3-5H,1-2H3,(H,13,14,16,17). The van der Waals surface area contributed by atoms with E-state index in [0.717, 1.165) is 10.2 Å². The Labute approximate surface area is 112 Å². The van der Waals surface area contributed by atoms with Crippen molar-refractivity contribution in [2.45, 2.75) is 13.8 Å². The Balaban J connectivity index is 1.95. The zero-order valence-corrected chi connectivity index (χ0v) is 11.1. The molecule has 0 unspecified atom stereocenters. The van der Waals surface area contributed by atoms with Crippen LogP contribution in [0.3, 0.4) is 0 Å². The number of rotatable bonds is 2. The Bertz CT molecular complexity index is 762. The minimum absolute atomic E-state index is 0.208. The molecule has 0 bridgehead atoms. The number of nitrogens with zero attached hydrogens (tertiary/aromatic N) is 3. The fourth-order valence-electron chi connectivity index (χ4n) is 1.80. The average Bonchev–Trinajstić information content (AvgIpc) is 2.96. The molecular formula is C12H10N4O2S. The molecule has 7 heteroatoms. The highest BCUT2D eigenvalue weighted by Gasteiger charge is 2.17. The lowest BCUT2D eigenvalue weighted by Gasteiger charge is -2.03. The van der Waals surface area contributed by atoms with E-state index in [1.165, 1.54) is 17.7 Å². The first kappa shape index (κ1) is 11.8. The number of carbonyl (C=O) groups excluding carboxylic acids is 1. The van der Waals surface area contributed by atoms with E-state index in [4.69, 9.17) is 4.42 Å². The smallest absolute Gasteiger partial charge is 0.294 e. The highest BCUT2D eigenvalue weighted by Crippen LogP contribution is 2.24. The third-order valence-electron chi connectivity index (χ3n) is 2.60. The van der Waals surface area contributed by atoms with Gasteiger partial charge in [0.15, 0.2) is 5.89 Å². The minimum Gasteiger partial charge on any atom is -0.436 e. The van der Waals surface area contributed by atoms with Crippen LogP contribution in [0, 0.1) is 13.8 Å². The van der Waals surface area contributed by atoms with Crippen LogP contribution in [0.5, 0.6) is 0 Å². The fourth-order valence-corrected chi connectivity index (χ4v) is 2.53. The molecule has 0 saturated carbocycles. The van der Waals surface area contributed by atoms with Gasteiger partial charge in [-0.2, -0.15) is 0 Å². The third kappa shape index (κ3) is 2.08. The predicted octanol–water partition coefficient (Wildman–Crippen LogP) is 2.55. The van der Waals surface area contributed by atoms with Crippen LogP contribution < -0.4 is 5.32 Å². The molecule has 0 saturated heterocycles. The zero-order valence-electron chi connectivity index (χ0n) is 10.3. The summed E-state index contributed by atoms with van der Waals surface area (Å²) in [5.74, 6) is 0.791. The van der Waals surface area contributed by atoms with Crippen LogP contribution in [-0.2, 0) is 0 Å². The zero-order chi connectivity index (χ0) is 13.4. The SMILES string of the molecule is Cc1nc(C)c(C(=O)Nc2ncnc3sccc23)o1. The molecule has 0 spiro atoms. The first-order chi connectivity index (χ1) is 9.15. The second-order valence-electron chi connectivity index (χ2n) is 3.96. The Morgan fingerprint density at radius 3 is 2.95 bits per heavy atom. The molecule has 19 heavy (non-hydrogen) atoms. The lowest BCUT2D eigenvalue weighted by molar-refractivity contribution is 0.0994. The number of nitrogens with one attached hydrogen (secondary N) is 1. The molecule has 0 aromatic carbocycles. The molecule has 0 atom stereocenters. The van der Waals surface area contributed by atoms with Crippen molar-refractivity contribution in [2.24, 2.45) is 0 Å². The number of anilines is 1. The number of aromatic nitrogens is 3. The van der Waals surface area contributed by atoms with E-state index in [1.807, 2.05) is 11.4 Å². The van der Waals surface area contributed by atoms with Gasteiger partial charge in [-0.3, -0.25) is 4.79 Å². The second-order valence-corrected chi connectivity index (χ2v) is 4.86. The molecule has 0 aliphatic rings. The van der Waals surface area contributed by atoms with Crippen LogP contribution in [0.15, 0.2) is 22.2 Å². The van der Waals surface area contributed by atoms with Gasteiger partial charge in [-0.05, 0) is 18.4 Å². The number of carbonyl (C=O) groups is 1. The fraction of sp³-hybridized carbons (Fsp3) is 0.167. The Hall–Kier alpha value is -2.28. The lowest BCUT2D eigenvalue weighted by Crippen LogP contribution is -2.13. The van der Waals surface area contributed by atoms with Gasteiger partial charge in [0.2, 0.25) is 5.76 Å². The molecule has 3 aromatic heterocycles. The summed E-state index contributed by atoms with van der Waals surface area (Å²) in [6, 6.07) is 1.87. The van der Waals surface area contributed by atoms with Crippen LogP contribution in [0.4, 0.5) is 5.82 Å². The molecule has 6 nitrogen and oxygen atoms in total. The summed E-state index contributed by atoms with van der Waals surface area (Å²) >= 11 is 1.49. The van der Waals surface area contributed by atoms with Crippen molar-refractivity contribution in [3.8, 4) is 0 Å². The summed E-state index contributed by atoms with van der Waals surface area (Å²) in [6.07, 6.45) is 1.42. The second kappa shape index (κ2) is 4.43. The molecule has 0 aliphatic heterocycles. The van der Waals surface area contributed by atoms with Crippen LogP contribution in [0.1, 0.15) is 22.1 Å². The van der Waals surface area contributed by atoms with Crippen molar-refractivity contribution in [2.75, 3.05) is 5.32 Å². The summed E-state index contributed by atoms with van der Waals surface area (Å²) in [5.41, 5.74) is 0.561. The van der Waals surface area contributed by atoms with Gasteiger partial charge in [0, 0.05) is 6.92 Å². The van der Waals surface area contributed by atoms with Crippen molar-refractivity contribution in [1.29, 1.82) is 0 Å². The molecule has 3 aromatic rings. The monoisotopic (exact) mass is 274 g/mol. The van der Waals surface area contributed by atoms with E-state index >= 15 is 0 Å².